The van der Waals surface area contributed by atoms with E-state index in [2.05, 4.69) is 53.8 Å². The van der Waals surface area contributed by atoms with Crippen molar-refractivity contribution in [3.63, 3.8) is 0 Å². The molecule has 0 radical (unpaired) electrons. The van der Waals surface area contributed by atoms with E-state index in [9.17, 15) is 9.59 Å². The van der Waals surface area contributed by atoms with E-state index in [0.717, 1.165) is 26.1 Å². The molecule has 5 rings (SSSR count). The van der Waals surface area contributed by atoms with Crippen LogP contribution in [0.1, 0.15) is 15.9 Å². The fourth-order valence-electron chi connectivity index (χ4n) is 4.89. The number of amides is 1. The Balaban J connectivity index is 1.85. The van der Waals surface area contributed by atoms with E-state index in [0.29, 0.717) is 11.3 Å². The number of hydrogen-bond donors (Lipinski definition) is 1. The lowest BCUT2D eigenvalue weighted by Gasteiger charge is -2.30. The number of hydrogen-bond acceptors (Lipinski definition) is 4. The molecular weight excluding hydrogens is 557 g/mol. The van der Waals surface area contributed by atoms with E-state index in [1.807, 2.05) is 78.9 Å². The smallest absolute Gasteiger partial charge is 0.359 e. The zero-order valence-corrected chi connectivity index (χ0v) is 24.9. The number of methoxy groups -OCH3 is 1. The average molecular weight is 589 g/mol. The molecule has 0 aliphatic rings. The number of thioether (sulfide) groups is 1. The molecule has 5 aromatic carbocycles. The summed E-state index contributed by atoms with van der Waals surface area (Å²) in [6.45, 7) is 0. The Kier molecular flexibility index (Phi) is 9.66. The van der Waals surface area contributed by atoms with Crippen molar-refractivity contribution in [2.45, 2.75) is 5.75 Å². The van der Waals surface area contributed by atoms with Gasteiger partial charge in [-0.25, -0.2) is 4.79 Å². The van der Waals surface area contributed by atoms with Crippen LogP contribution < -0.4 is 21.2 Å². The molecule has 0 aliphatic heterocycles. The first-order valence-corrected chi connectivity index (χ1v) is 16.3. The van der Waals surface area contributed by atoms with Gasteiger partial charge in [-0.15, -0.1) is 0 Å². The van der Waals surface area contributed by atoms with Crippen molar-refractivity contribution in [1.82, 2.24) is 5.32 Å². The Bertz CT molecular complexity index is 1550. The first-order valence-electron chi connectivity index (χ1n) is 13.6. The predicted molar refractivity (Wildman–Crippen MR) is 176 cm³/mol. The van der Waals surface area contributed by atoms with Crippen molar-refractivity contribution >= 4 is 46.8 Å². The van der Waals surface area contributed by atoms with Crippen LogP contribution in [0, 0.1) is 0 Å². The monoisotopic (exact) mass is 588 g/mol. The summed E-state index contributed by atoms with van der Waals surface area (Å²) in [7, 11) is -1.39. The normalized spacial score (nSPS) is 11.7. The minimum absolute atomic E-state index is 0.150. The lowest BCUT2D eigenvalue weighted by molar-refractivity contribution is -0.136. The molecule has 4 nitrogen and oxygen atoms in total. The van der Waals surface area contributed by atoms with Crippen LogP contribution >= 0.6 is 19.0 Å². The molecule has 0 heterocycles. The van der Waals surface area contributed by atoms with Gasteiger partial charge in [-0.2, -0.15) is 0 Å². The molecule has 208 valence electrons. The molecule has 1 N–H and O–H groups in total. The number of carbonyl (C=O) groups excluding carboxylic acids is 2. The SMILES string of the molecule is COC(=O)C(NC(=O)c1ccccc1)=C(SCc1ccccc1)[P+](c1ccccc1)(c1ccccc1)c1ccccc1. The van der Waals surface area contributed by atoms with Crippen molar-refractivity contribution in [2.75, 3.05) is 7.11 Å². The molecule has 0 aliphatic carbocycles. The van der Waals surface area contributed by atoms with Crippen molar-refractivity contribution < 1.29 is 14.3 Å². The van der Waals surface area contributed by atoms with Gasteiger partial charge in [-0.3, -0.25) is 4.79 Å². The second-order valence-electron chi connectivity index (χ2n) is 9.44. The summed E-state index contributed by atoms with van der Waals surface area (Å²) in [5.41, 5.74) is 1.71. The number of benzene rings is 5. The van der Waals surface area contributed by atoms with Crippen LogP contribution in [-0.4, -0.2) is 19.0 Å². The van der Waals surface area contributed by atoms with Crippen LogP contribution in [-0.2, 0) is 15.3 Å². The summed E-state index contributed by atoms with van der Waals surface area (Å²) >= 11 is 1.57. The predicted octanol–water partition coefficient (Wildman–Crippen LogP) is 6.69. The van der Waals surface area contributed by atoms with Gasteiger partial charge in [-0.1, -0.05) is 115 Å². The number of rotatable bonds is 10. The lowest BCUT2D eigenvalue weighted by Crippen LogP contribution is -2.36. The number of nitrogens with one attached hydrogen (secondary N) is 1. The molecule has 0 aromatic heterocycles. The largest absolute Gasteiger partial charge is 0.464 e. The Morgan fingerprint density at radius 2 is 1.02 bits per heavy atom. The highest BCUT2D eigenvalue weighted by molar-refractivity contribution is 8.18. The molecule has 1 amide bonds. The third-order valence-electron chi connectivity index (χ3n) is 6.83. The van der Waals surface area contributed by atoms with Gasteiger partial charge in [0.25, 0.3) is 5.91 Å². The second kappa shape index (κ2) is 14.0. The molecular formula is C36H31NO3PS+. The Morgan fingerprint density at radius 3 is 1.45 bits per heavy atom. The summed E-state index contributed by atoms with van der Waals surface area (Å²) in [4.78, 5) is 27.4. The van der Waals surface area contributed by atoms with Gasteiger partial charge in [0.1, 0.15) is 15.9 Å². The highest BCUT2D eigenvalue weighted by Crippen LogP contribution is 2.67. The topological polar surface area (TPSA) is 55.4 Å². The molecule has 42 heavy (non-hydrogen) atoms. The maximum atomic E-state index is 13.8. The number of ether oxygens (including phenoxy) is 1. The molecule has 0 unspecified atom stereocenters. The highest BCUT2D eigenvalue weighted by Gasteiger charge is 2.52. The van der Waals surface area contributed by atoms with Crippen LogP contribution in [0.2, 0.25) is 0 Å². The zero-order chi connectivity index (χ0) is 29.2. The van der Waals surface area contributed by atoms with Crippen LogP contribution in [0.5, 0.6) is 0 Å². The fraction of sp³-hybridized carbons (Fsp3) is 0.0556. The van der Waals surface area contributed by atoms with E-state index in [1.54, 1.807) is 36.0 Å². The molecule has 0 bridgehead atoms. The molecule has 0 saturated carbocycles. The Morgan fingerprint density at radius 1 is 0.619 bits per heavy atom. The number of carbonyl (C=O) groups is 2. The Hall–Kier alpha value is -4.44. The van der Waals surface area contributed by atoms with E-state index in [4.69, 9.17) is 4.74 Å². The summed E-state index contributed by atoms with van der Waals surface area (Å²) in [5.74, 6) is -0.380. The first-order chi connectivity index (χ1) is 20.6. The molecule has 6 heteroatoms. The molecule has 0 spiro atoms. The van der Waals surface area contributed by atoms with Crippen molar-refractivity contribution in [3.8, 4) is 0 Å². The van der Waals surface area contributed by atoms with E-state index < -0.39 is 13.2 Å². The van der Waals surface area contributed by atoms with Crippen LogP contribution in [0.25, 0.3) is 0 Å². The fourth-order valence-corrected chi connectivity index (χ4v) is 11.5. The van der Waals surface area contributed by atoms with Gasteiger partial charge in [0.05, 0.1) is 7.11 Å². The van der Waals surface area contributed by atoms with Crippen LogP contribution in [0.3, 0.4) is 0 Å². The Labute approximate surface area is 251 Å². The minimum Gasteiger partial charge on any atom is -0.464 e. The van der Waals surface area contributed by atoms with Crippen LogP contribution in [0.15, 0.2) is 162 Å². The first kappa shape index (κ1) is 29.1. The minimum atomic E-state index is -2.74. The van der Waals surface area contributed by atoms with Gasteiger partial charge in [-0.05, 0) is 54.1 Å². The van der Waals surface area contributed by atoms with Crippen molar-refractivity contribution in [1.29, 1.82) is 0 Å². The van der Waals surface area contributed by atoms with Crippen LogP contribution in [0.4, 0.5) is 0 Å². The van der Waals surface area contributed by atoms with Gasteiger partial charge >= 0.3 is 5.97 Å². The summed E-state index contributed by atoms with van der Waals surface area (Å²) in [6, 6.07) is 49.9. The summed E-state index contributed by atoms with van der Waals surface area (Å²) in [6.07, 6.45) is 0. The zero-order valence-electron chi connectivity index (χ0n) is 23.2. The van der Waals surface area contributed by atoms with Gasteiger partial charge in [0.15, 0.2) is 17.6 Å². The average Bonchev–Trinajstić information content (AvgIpc) is 3.07. The molecule has 5 aromatic rings. The van der Waals surface area contributed by atoms with E-state index in [1.165, 1.54) is 7.11 Å². The summed E-state index contributed by atoms with van der Waals surface area (Å²) in [5, 5.41) is 6.20. The highest BCUT2D eigenvalue weighted by atomic mass is 32.2. The third kappa shape index (κ3) is 6.23. The van der Waals surface area contributed by atoms with Crippen molar-refractivity contribution in [3.05, 3.63) is 173 Å². The van der Waals surface area contributed by atoms with Crippen molar-refractivity contribution in [2.24, 2.45) is 0 Å². The van der Waals surface area contributed by atoms with E-state index in [-0.39, 0.29) is 11.6 Å². The molecule has 0 saturated heterocycles. The molecule has 0 atom stereocenters. The van der Waals surface area contributed by atoms with E-state index >= 15 is 0 Å². The second-order valence-corrected chi connectivity index (χ2v) is 14.1. The van der Waals surface area contributed by atoms with Gasteiger partial charge in [0.2, 0.25) is 0 Å². The summed E-state index contributed by atoms with van der Waals surface area (Å²) < 4.78 is 6.15. The standard InChI is InChI=1S/C36H30NO3PS/c1-40-35(39)33(37-34(38)29-19-9-3-10-20-29)36(42-27-28-17-7-2-8-18-28)41(30-21-11-4-12-22-30,31-23-13-5-14-24-31)32-25-15-6-16-26-32/h2-26H,27H2,1H3/p+1. The maximum absolute atomic E-state index is 13.8. The number of esters is 1. The third-order valence-corrected chi connectivity index (χ3v) is 13.0. The quantitative estimate of drug-likeness (QED) is 0.112. The van der Waals surface area contributed by atoms with Gasteiger partial charge < -0.3 is 10.1 Å². The van der Waals surface area contributed by atoms with Gasteiger partial charge in [0, 0.05) is 11.3 Å². The molecule has 0 fully saturated rings. The lowest BCUT2D eigenvalue weighted by atomic mass is 10.2. The maximum Gasteiger partial charge on any atom is 0.359 e.